The average molecular weight is 526 g/mol. The van der Waals surface area contributed by atoms with E-state index in [1.165, 1.54) is 5.56 Å². The van der Waals surface area contributed by atoms with E-state index in [-0.39, 0.29) is 35.5 Å². The summed E-state index contributed by atoms with van der Waals surface area (Å²) in [7, 11) is 1.16. The van der Waals surface area contributed by atoms with Gasteiger partial charge in [0.15, 0.2) is 15.8 Å². The van der Waals surface area contributed by atoms with Crippen LogP contribution in [-0.2, 0) is 23.4 Å². The largest absolute Gasteiger partial charge is 0.357 e. The zero-order valence-corrected chi connectivity index (χ0v) is 20.8. The highest BCUT2D eigenvalue weighted by atomic mass is 127. The monoisotopic (exact) mass is 526 g/mol. The Labute approximate surface area is 186 Å². The minimum absolute atomic E-state index is 0. The predicted molar refractivity (Wildman–Crippen MR) is 125 cm³/mol. The molecule has 1 fully saturated rings. The summed E-state index contributed by atoms with van der Waals surface area (Å²) in [6.07, 6.45) is 2.07. The standard InChI is InChI=1S/C18H34N6O2S.HI/c1-6-19-18(20-7-8-24-9-11-27(25,26)12-10-24)22(4)13-16-14-23(5)21-17(16)15(2)3;/h14-15H,6-13H2,1-5H3,(H,19,20);1H. The van der Waals surface area contributed by atoms with Gasteiger partial charge in [0.1, 0.15) is 0 Å². The molecule has 2 heterocycles. The van der Waals surface area contributed by atoms with E-state index in [1.807, 2.05) is 18.8 Å². The normalized spacial score (nSPS) is 17.4. The van der Waals surface area contributed by atoms with Crippen LogP contribution in [0.25, 0.3) is 0 Å². The van der Waals surface area contributed by atoms with Crippen molar-refractivity contribution in [2.45, 2.75) is 33.2 Å². The van der Waals surface area contributed by atoms with Gasteiger partial charge in [0.05, 0.1) is 23.7 Å². The zero-order valence-electron chi connectivity index (χ0n) is 17.7. The summed E-state index contributed by atoms with van der Waals surface area (Å²) in [5.41, 5.74) is 2.33. The van der Waals surface area contributed by atoms with Crippen LogP contribution in [-0.4, -0.2) is 85.2 Å². The highest BCUT2D eigenvalue weighted by Gasteiger charge is 2.21. The second-order valence-corrected chi connectivity index (χ2v) is 9.76. The van der Waals surface area contributed by atoms with Gasteiger partial charge < -0.3 is 10.2 Å². The fourth-order valence-electron chi connectivity index (χ4n) is 3.23. The lowest BCUT2D eigenvalue weighted by Gasteiger charge is -2.26. The molecule has 10 heteroatoms. The molecule has 1 aliphatic rings. The Morgan fingerprint density at radius 2 is 2.00 bits per heavy atom. The van der Waals surface area contributed by atoms with Crippen molar-refractivity contribution < 1.29 is 8.42 Å². The summed E-state index contributed by atoms with van der Waals surface area (Å²) in [5, 5.41) is 7.92. The third kappa shape index (κ3) is 7.51. The van der Waals surface area contributed by atoms with Crippen molar-refractivity contribution in [1.29, 1.82) is 0 Å². The van der Waals surface area contributed by atoms with Gasteiger partial charge in [-0.25, -0.2) is 8.42 Å². The Kier molecular flexibility index (Phi) is 10.2. The molecular formula is C18H35IN6O2S. The number of aromatic nitrogens is 2. The summed E-state index contributed by atoms with van der Waals surface area (Å²) >= 11 is 0. The first-order chi connectivity index (χ1) is 12.7. The molecule has 162 valence electrons. The quantitative estimate of drug-likeness (QED) is 0.328. The van der Waals surface area contributed by atoms with E-state index in [0.717, 1.165) is 31.3 Å². The van der Waals surface area contributed by atoms with Crippen LogP contribution in [0.1, 0.15) is 37.9 Å². The maximum atomic E-state index is 11.5. The lowest BCUT2D eigenvalue weighted by Crippen LogP contribution is -2.42. The molecule has 0 aliphatic carbocycles. The summed E-state index contributed by atoms with van der Waals surface area (Å²) < 4.78 is 24.9. The molecule has 0 bridgehead atoms. The van der Waals surface area contributed by atoms with Gasteiger partial charge >= 0.3 is 0 Å². The molecule has 0 unspecified atom stereocenters. The molecule has 8 nitrogen and oxygen atoms in total. The molecule has 0 atom stereocenters. The summed E-state index contributed by atoms with van der Waals surface area (Å²) in [5.74, 6) is 1.76. The topological polar surface area (TPSA) is 82.8 Å². The Bertz CT molecular complexity index is 733. The number of hydrogen-bond acceptors (Lipinski definition) is 5. The van der Waals surface area contributed by atoms with Gasteiger partial charge in [0.25, 0.3) is 0 Å². The van der Waals surface area contributed by atoms with Crippen molar-refractivity contribution in [3.05, 3.63) is 17.5 Å². The number of nitrogens with one attached hydrogen (secondary N) is 1. The maximum Gasteiger partial charge on any atom is 0.194 e. The van der Waals surface area contributed by atoms with Gasteiger partial charge in [-0.15, -0.1) is 24.0 Å². The number of aryl methyl sites for hydroxylation is 1. The Morgan fingerprint density at radius 3 is 2.57 bits per heavy atom. The van der Waals surface area contributed by atoms with Crippen molar-refractivity contribution in [3.8, 4) is 0 Å². The average Bonchev–Trinajstić information content (AvgIpc) is 2.96. The molecule has 28 heavy (non-hydrogen) atoms. The Morgan fingerprint density at radius 1 is 1.36 bits per heavy atom. The molecule has 1 aliphatic heterocycles. The second-order valence-electron chi connectivity index (χ2n) is 7.45. The van der Waals surface area contributed by atoms with Crippen molar-refractivity contribution in [2.24, 2.45) is 12.0 Å². The molecule has 1 aromatic rings. The number of rotatable bonds is 7. The van der Waals surface area contributed by atoms with Crippen LogP contribution in [0.3, 0.4) is 0 Å². The smallest absolute Gasteiger partial charge is 0.194 e. The van der Waals surface area contributed by atoms with E-state index in [2.05, 4.69) is 47.2 Å². The minimum atomic E-state index is -2.83. The van der Waals surface area contributed by atoms with Crippen molar-refractivity contribution in [2.75, 3.05) is 51.3 Å². The van der Waals surface area contributed by atoms with Crippen LogP contribution in [0, 0.1) is 0 Å². The van der Waals surface area contributed by atoms with Gasteiger partial charge in [-0.05, 0) is 12.8 Å². The minimum Gasteiger partial charge on any atom is -0.357 e. The Balaban J connectivity index is 0.00000392. The predicted octanol–water partition coefficient (Wildman–Crippen LogP) is 1.29. The molecule has 1 aromatic heterocycles. The van der Waals surface area contributed by atoms with Gasteiger partial charge in [-0.3, -0.25) is 14.6 Å². The van der Waals surface area contributed by atoms with Gasteiger partial charge in [-0.2, -0.15) is 5.10 Å². The van der Waals surface area contributed by atoms with E-state index in [1.54, 1.807) is 0 Å². The molecule has 1 saturated heterocycles. The third-order valence-corrected chi connectivity index (χ3v) is 6.31. The van der Waals surface area contributed by atoms with Crippen LogP contribution >= 0.6 is 24.0 Å². The van der Waals surface area contributed by atoms with Crippen molar-refractivity contribution in [1.82, 2.24) is 24.9 Å². The van der Waals surface area contributed by atoms with Crippen LogP contribution in [0.4, 0.5) is 0 Å². The van der Waals surface area contributed by atoms with Gasteiger partial charge in [0, 0.05) is 58.6 Å². The molecule has 1 N–H and O–H groups in total. The van der Waals surface area contributed by atoms with E-state index >= 15 is 0 Å². The lowest BCUT2D eigenvalue weighted by atomic mass is 10.1. The number of hydrogen-bond donors (Lipinski definition) is 1. The highest BCUT2D eigenvalue weighted by molar-refractivity contribution is 14.0. The van der Waals surface area contributed by atoms with Crippen LogP contribution in [0.5, 0.6) is 0 Å². The van der Waals surface area contributed by atoms with Crippen LogP contribution < -0.4 is 5.32 Å². The molecule has 0 aromatic carbocycles. The third-order valence-electron chi connectivity index (χ3n) is 4.70. The SMILES string of the molecule is CCNC(=NCCN1CCS(=O)(=O)CC1)N(C)Cc1cn(C)nc1C(C)C.I. The van der Waals surface area contributed by atoms with E-state index in [9.17, 15) is 8.42 Å². The number of halogens is 1. The molecular weight excluding hydrogens is 491 g/mol. The first kappa shape index (κ1) is 25.2. The highest BCUT2D eigenvalue weighted by Crippen LogP contribution is 2.18. The van der Waals surface area contributed by atoms with Crippen molar-refractivity contribution in [3.63, 3.8) is 0 Å². The Hall–Kier alpha value is -0.880. The molecule has 0 amide bonds. The first-order valence-corrected chi connectivity index (χ1v) is 11.5. The zero-order chi connectivity index (χ0) is 20.0. The number of aliphatic imine (C=N–C) groups is 1. The van der Waals surface area contributed by atoms with E-state index in [4.69, 9.17) is 4.99 Å². The molecule has 0 saturated carbocycles. The summed E-state index contributed by atoms with van der Waals surface area (Å²) in [4.78, 5) is 9.03. The fraction of sp³-hybridized carbons (Fsp3) is 0.778. The molecule has 0 radical (unpaired) electrons. The lowest BCUT2D eigenvalue weighted by molar-refractivity contribution is 0.303. The number of sulfone groups is 1. The summed E-state index contributed by atoms with van der Waals surface area (Å²) in [6, 6.07) is 0. The van der Waals surface area contributed by atoms with Crippen LogP contribution in [0.2, 0.25) is 0 Å². The maximum absolute atomic E-state index is 11.5. The van der Waals surface area contributed by atoms with Gasteiger partial charge in [0.2, 0.25) is 0 Å². The van der Waals surface area contributed by atoms with Gasteiger partial charge in [-0.1, -0.05) is 13.8 Å². The number of nitrogens with zero attached hydrogens (tertiary/aromatic N) is 5. The first-order valence-electron chi connectivity index (χ1n) is 9.66. The van der Waals surface area contributed by atoms with E-state index < -0.39 is 9.84 Å². The second kappa shape index (κ2) is 11.3. The van der Waals surface area contributed by atoms with E-state index in [0.29, 0.717) is 25.6 Å². The fourth-order valence-corrected chi connectivity index (χ4v) is 4.51. The number of guanidine groups is 1. The summed E-state index contributed by atoms with van der Waals surface area (Å²) in [6.45, 7) is 10.6. The molecule has 2 rings (SSSR count). The molecule has 0 spiro atoms. The van der Waals surface area contributed by atoms with Crippen molar-refractivity contribution >= 4 is 39.8 Å². The van der Waals surface area contributed by atoms with Crippen LogP contribution in [0.15, 0.2) is 11.2 Å².